The van der Waals surface area contributed by atoms with Crippen molar-refractivity contribution in [2.75, 3.05) is 11.5 Å². The van der Waals surface area contributed by atoms with Crippen LogP contribution < -0.4 is 10.9 Å². The van der Waals surface area contributed by atoms with E-state index in [9.17, 15) is 8.42 Å². The number of primary sulfonamides is 1. The maximum atomic E-state index is 11.1. The Balaban J connectivity index is 2.06. The Kier molecular flexibility index (Phi) is 2.75. The fourth-order valence-electron chi connectivity index (χ4n) is 2.27. The number of rotatable bonds is 4. The summed E-state index contributed by atoms with van der Waals surface area (Å²) in [5.74, 6) is 1.31. The van der Waals surface area contributed by atoms with Crippen molar-refractivity contribution in [2.24, 2.45) is 5.14 Å². The first-order chi connectivity index (χ1) is 8.94. The highest BCUT2D eigenvalue weighted by molar-refractivity contribution is 7.89. The minimum Gasteiger partial charge on any atom is -0.399 e. The van der Waals surface area contributed by atoms with E-state index in [-0.39, 0.29) is 5.75 Å². The number of hydrogen-bond acceptors (Lipinski definition) is 4. The molecule has 1 saturated carbocycles. The number of anilines is 1. The molecule has 0 radical (unpaired) electrons. The molecule has 1 fully saturated rings. The lowest BCUT2D eigenvalue weighted by Crippen LogP contribution is -2.21. The van der Waals surface area contributed by atoms with E-state index >= 15 is 0 Å². The van der Waals surface area contributed by atoms with Gasteiger partial charge in [0, 0.05) is 18.2 Å². The summed E-state index contributed by atoms with van der Waals surface area (Å²) in [5, 5.41) is 5.08. The van der Waals surface area contributed by atoms with Gasteiger partial charge in [0.2, 0.25) is 10.0 Å². The number of imidazole rings is 1. The quantitative estimate of drug-likeness (QED) is 0.808. The summed E-state index contributed by atoms with van der Waals surface area (Å²) in [5.41, 5.74) is 8.14. The average molecular weight is 280 g/mol. The fraction of sp³-hybridized carbons (Fsp3) is 0.417. The second-order valence-corrected chi connectivity index (χ2v) is 6.75. The molecule has 0 bridgehead atoms. The minimum atomic E-state index is -3.47. The molecule has 2 aromatic rings. The van der Waals surface area contributed by atoms with Crippen LogP contribution >= 0.6 is 0 Å². The molecule has 6 nitrogen and oxygen atoms in total. The second-order valence-electron chi connectivity index (χ2n) is 5.01. The van der Waals surface area contributed by atoms with Gasteiger partial charge >= 0.3 is 0 Å². The van der Waals surface area contributed by atoms with Gasteiger partial charge in [0.1, 0.15) is 5.82 Å². The summed E-state index contributed by atoms with van der Waals surface area (Å²) >= 11 is 0. The van der Waals surface area contributed by atoms with Crippen LogP contribution in [-0.4, -0.2) is 23.7 Å². The molecule has 0 amide bonds. The van der Waals surface area contributed by atoms with Crippen LogP contribution in [0.15, 0.2) is 18.2 Å². The number of fused-ring (bicyclic) bond motifs is 1. The van der Waals surface area contributed by atoms with E-state index in [1.54, 1.807) is 6.07 Å². The van der Waals surface area contributed by atoms with Gasteiger partial charge in [0.05, 0.1) is 16.8 Å². The summed E-state index contributed by atoms with van der Waals surface area (Å²) in [4.78, 5) is 4.58. The van der Waals surface area contributed by atoms with Gasteiger partial charge < -0.3 is 10.3 Å². The molecule has 4 N–H and O–H groups in total. The van der Waals surface area contributed by atoms with Crippen LogP contribution in [-0.2, 0) is 16.6 Å². The third-order valence-corrected chi connectivity index (χ3v) is 4.10. The Morgan fingerprint density at radius 2 is 2.11 bits per heavy atom. The largest absolute Gasteiger partial charge is 0.399 e. The summed E-state index contributed by atoms with van der Waals surface area (Å²) < 4.78 is 24.2. The van der Waals surface area contributed by atoms with Crippen molar-refractivity contribution in [3.8, 4) is 0 Å². The lowest BCUT2D eigenvalue weighted by atomic mass is 10.3. The predicted octanol–water partition coefficient (Wildman–Crippen LogP) is 0.784. The number of nitrogen functional groups attached to an aromatic ring is 1. The Labute approximate surface area is 111 Å². The number of nitrogens with zero attached hydrogens (tertiary/aromatic N) is 2. The molecule has 0 atom stereocenters. The molecule has 0 saturated heterocycles. The summed E-state index contributed by atoms with van der Waals surface area (Å²) in [6.45, 7) is 0.338. The van der Waals surface area contributed by atoms with Gasteiger partial charge in [0.25, 0.3) is 0 Å². The fourth-order valence-corrected chi connectivity index (χ4v) is 2.71. The number of sulfonamides is 1. The Morgan fingerprint density at radius 1 is 1.37 bits per heavy atom. The zero-order valence-electron chi connectivity index (χ0n) is 10.4. The van der Waals surface area contributed by atoms with Gasteiger partial charge in [-0.1, -0.05) is 0 Å². The standard InChI is InChI=1S/C12H16N4O2S/c13-9-3-4-11-10(7-9)15-12(8-1-2-8)16(11)5-6-19(14,17)18/h3-4,7-8H,1-2,5-6,13H2,(H2,14,17,18). The Hall–Kier alpha value is -1.60. The topological polar surface area (TPSA) is 104 Å². The number of benzene rings is 1. The van der Waals surface area contributed by atoms with Crippen LogP contribution in [0.5, 0.6) is 0 Å². The molecule has 1 heterocycles. The average Bonchev–Trinajstić information content (AvgIpc) is 3.08. The first-order valence-electron chi connectivity index (χ1n) is 6.20. The van der Waals surface area contributed by atoms with Crippen molar-refractivity contribution in [3.05, 3.63) is 24.0 Å². The molecule has 3 rings (SSSR count). The zero-order chi connectivity index (χ0) is 13.6. The van der Waals surface area contributed by atoms with E-state index in [0.717, 1.165) is 29.7 Å². The number of aryl methyl sites for hydroxylation is 1. The van der Waals surface area contributed by atoms with E-state index in [0.29, 0.717) is 18.2 Å². The third-order valence-electron chi connectivity index (χ3n) is 3.34. The second kappa shape index (κ2) is 4.21. The van der Waals surface area contributed by atoms with Crippen molar-refractivity contribution in [1.29, 1.82) is 0 Å². The van der Waals surface area contributed by atoms with Crippen molar-refractivity contribution in [1.82, 2.24) is 9.55 Å². The number of aromatic nitrogens is 2. The van der Waals surface area contributed by atoms with E-state index in [4.69, 9.17) is 10.9 Å². The molecule has 19 heavy (non-hydrogen) atoms. The zero-order valence-corrected chi connectivity index (χ0v) is 11.2. The molecule has 1 aromatic carbocycles. The van der Waals surface area contributed by atoms with Crippen LogP contribution in [0.4, 0.5) is 5.69 Å². The van der Waals surface area contributed by atoms with Gasteiger partial charge in [-0.15, -0.1) is 0 Å². The van der Waals surface area contributed by atoms with Crippen LogP contribution in [0.2, 0.25) is 0 Å². The summed E-state index contributed by atoms with van der Waals surface area (Å²) in [6, 6.07) is 5.50. The maximum absolute atomic E-state index is 11.1. The van der Waals surface area contributed by atoms with Crippen molar-refractivity contribution < 1.29 is 8.42 Å². The van der Waals surface area contributed by atoms with E-state index in [1.807, 2.05) is 16.7 Å². The highest BCUT2D eigenvalue weighted by atomic mass is 32.2. The predicted molar refractivity (Wildman–Crippen MR) is 74.1 cm³/mol. The number of hydrogen-bond donors (Lipinski definition) is 2. The molecular weight excluding hydrogens is 264 g/mol. The van der Waals surface area contributed by atoms with Crippen molar-refractivity contribution in [3.63, 3.8) is 0 Å². The van der Waals surface area contributed by atoms with Crippen LogP contribution in [0.3, 0.4) is 0 Å². The molecule has 0 aliphatic heterocycles. The van der Waals surface area contributed by atoms with E-state index in [2.05, 4.69) is 4.98 Å². The van der Waals surface area contributed by atoms with Crippen LogP contribution in [0.25, 0.3) is 11.0 Å². The van der Waals surface area contributed by atoms with Crippen molar-refractivity contribution in [2.45, 2.75) is 25.3 Å². The highest BCUT2D eigenvalue weighted by Gasteiger charge is 2.29. The van der Waals surface area contributed by atoms with Gasteiger partial charge in [-0.3, -0.25) is 0 Å². The van der Waals surface area contributed by atoms with Crippen LogP contribution in [0.1, 0.15) is 24.6 Å². The van der Waals surface area contributed by atoms with Crippen LogP contribution in [0, 0.1) is 0 Å². The monoisotopic (exact) mass is 280 g/mol. The third kappa shape index (κ3) is 2.57. The molecular formula is C12H16N4O2S. The molecule has 102 valence electrons. The van der Waals surface area contributed by atoms with E-state index < -0.39 is 10.0 Å². The molecule has 1 aromatic heterocycles. The normalized spacial score (nSPS) is 16.1. The summed E-state index contributed by atoms with van der Waals surface area (Å²) in [6.07, 6.45) is 2.21. The first-order valence-corrected chi connectivity index (χ1v) is 7.92. The Morgan fingerprint density at radius 3 is 2.74 bits per heavy atom. The molecule has 1 aliphatic carbocycles. The smallest absolute Gasteiger partial charge is 0.210 e. The maximum Gasteiger partial charge on any atom is 0.210 e. The van der Waals surface area contributed by atoms with Crippen molar-refractivity contribution >= 4 is 26.7 Å². The molecule has 0 spiro atoms. The molecule has 0 unspecified atom stereocenters. The van der Waals surface area contributed by atoms with E-state index in [1.165, 1.54) is 0 Å². The van der Waals surface area contributed by atoms with Gasteiger partial charge in [0.15, 0.2) is 0 Å². The highest BCUT2D eigenvalue weighted by Crippen LogP contribution is 2.40. The van der Waals surface area contributed by atoms with Gasteiger partial charge in [-0.05, 0) is 31.0 Å². The minimum absolute atomic E-state index is 0.0808. The molecule has 1 aliphatic rings. The molecule has 7 heteroatoms. The first kappa shape index (κ1) is 12.4. The lowest BCUT2D eigenvalue weighted by molar-refractivity contribution is 0.589. The number of nitrogens with two attached hydrogens (primary N) is 2. The SMILES string of the molecule is Nc1ccc2c(c1)nc(C1CC1)n2CCS(N)(=O)=O. The van der Waals surface area contributed by atoms with Gasteiger partial charge in [-0.25, -0.2) is 18.5 Å². The summed E-state index contributed by atoms with van der Waals surface area (Å²) in [7, 11) is -3.47. The lowest BCUT2D eigenvalue weighted by Gasteiger charge is -2.07. The van der Waals surface area contributed by atoms with Gasteiger partial charge in [-0.2, -0.15) is 0 Å². The Bertz CT molecular complexity index is 732.